The van der Waals surface area contributed by atoms with Crippen LogP contribution in [0.3, 0.4) is 0 Å². The number of hydrogen-bond donors (Lipinski definition) is 2. The van der Waals surface area contributed by atoms with Crippen LogP contribution in [0.15, 0.2) is 48.9 Å². The monoisotopic (exact) mass is 572 g/mol. The van der Waals surface area contributed by atoms with Gasteiger partial charge in [-0.2, -0.15) is 13.2 Å². The van der Waals surface area contributed by atoms with Crippen molar-refractivity contribution in [3.63, 3.8) is 0 Å². The number of benzene rings is 1. The van der Waals surface area contributed by atoms with Crippen LogP contribution >= 0.6 is 11.5 Å². The highest BCUT2D eigenvalue weighted by Gasteiger charge is 2.38. The molecular weight excluding hydrogens is 553 g/mol. The van der Waals surface area contributed by atoms with E-state index in [-0.39, 0.29) is 27.5 Å². The average molecular weight is 573 g/mol. The van der Waals surface area contributed by atoms with Gasteiger partial charge in [0.25, 0.3) is 5.91 Å². The predicted molar refractivity (Wildman–Crippen MR) is 137 cm³/mol. The van der Waals surface area contributed by atoms with Crippen molar-refractivity contribution in [2.75, 3.05) is 12.4 Å². The number of rotatable bonds is 5. The van der Waals surface area contributed by atoms with Crippen LogP contribution in [-0.4, -0.2) is 58.2 Å². The molecule has 5 rings (SSSR count). The number of alkyl halides is 3. The van der Waals surface area contributed by atoms with Crippen LogP contribution in [0.5, 0.6) is 5.75 Å². The third-order valence-electron chi connectivity index (χ3n) is 5.32. The molecular formula is C24H19F3N8O4S. The summed E-state index contributed by atoms with van der Waals surface area (Å²) in [5.41, 5.74) is 1.63. The molecule has 0 fully saturated rings. The highest BCUT2D eigenvalue weighted by molar-refractivity contribution is 7.07. The third kappa shape index (κ3) is 6.01. The van der Waals surface area contributed by atoms with Crippen LogP contribution < -0.4 is 10.1 Å². The van der Waals surface area contributed by atoms with Crippen molar-refractivity contribution in [1.82, 2.24) is 34.1 Å². The van der Waals surface area contributed by atoms with Crippen molar-refractivity contribution in [3.05, 3.63) is 76.6 Å². The fourth-order valence-electron chi connectivity index (χ4n) is 3.44. The molecule has 0 aliphatic carbocycles. The summed E-state index contributed by atoms with van der Waals surface area (Å²) < 4.78 is 50.2. The smallest absolute Gasteiger partial charge is 0.450 e. The number of fused-ring (bicyclic) bond motifs is 1. The molecule has 0 radical (unpaired) electrons. The molecule has 4 heterocycles. The molecule has 0 saturated carbocycles. The lowest BCUT2D eigenvalue weighted by Gasteiger charge is -2.11. The molecule has 5 aromatic rings. The van der Waals surface area contributed by atoms with Gasteiger partial charge in [0.15, 0.2) is 16.5 Å². The van der Waals surface area contributed by atoms with Crippen LogP contribution in [0.25, 0.3) is 16.9 Å². The number of aromatic nitrogens is 7. The summed E-state index contributed by atoms with van der Waals surface area (Å²) in [6.07, 6.45) is -0.866. The molecule has 16 heteroatoms. The summed E-state index contributed by atoms with van der Waals surface area (Å²) in [5.74, 6) is -2.23. The number of carbonyl (C=O) groups excluding carboxylic acids is 1. The number of carbonyl (C=O) groups is 2. The summed E-state index contributed by atoms with van der Waals surface area (Å²) in [4.78, 5) is 38.6. The number of anilines is 1. The molecule has 206 valence electrons. The maximum absolute atomic E-state index is 13.6. The first-order chi connectivity index (χ1) is 19.0. The second-order valence-electron chi connectivity index (χ2n) is 7.97. The molecule has 12 nitrogen and oxygen atoms in total. The normalized spacial score (nSPS) is 11.1. The Hall–Kier alpha value is -4.99. The van der Waals surface area contributed by atoms with Gasteiger partial charge < -0.3 is 15.2 Å². The number of amides is 1. The number of aromatic carboxylic acids is 1. The quantitative estimate of drug-likeness (QED) is 0.310. The third-order valence-corrected chi connectivity index (χ3v) is 6.14. The van der Waals surface area contributed by atoms with Crippen LogP contribution in [0.4, 0.5) is 19.0 Å². The minimum atomic E-state index is -4.72. The summed E-state index contributed by atoms with van der Waals surface area (Å²) in [5, 5.41) is 14.5. The maximum atomic E-state index is 13.6. The first-order valence-corrected chi connectivity index (χ1v) is 12.0. The van der Waals surface area contributed by atoms with Gasteiger partial charge in [0.2, 0.25) is 5.82 Å². The lowest BCUT2D eigenvalue weighted by atomic mass is 10.2. The highest BCUT2D eigenvalue weighted by Crippen LogP contribution is 2.34. The molecule has 4 aromatic heterocycles. The van der Waals surface area contributed by atoms with Gasteiger partial charge in [0, 0.05) is 18.0 Å². The van der Waals surface area contributed by atoms with E-state index in [1.807, 2.05) is 0 Å². The van der Waals surface area contributed by atoms with Crippen LogP contribution in [0, 0.1) is 13.8 Å². The van der Waals surface area contributed by atoms with E-state index in [0.717, 1.165) is 22.3 Å². The standard InChI is InChI=1S/C20H15F3N6O2.C4H4N2O2S/c1-11-13(4-3-7-24-11)18(30)28-16-9-26-17(10-25-16)29-15-8-12(31-2)5-6-14(15)27-19(29)20(21,22)23;1-2-3(4(7)8)9-6-5-2/h3-10H,1-2H3,(H,25,28,30);1H3,(H,7,8). The summed E-state index contributed by atoms with van der Waals surface area (Å²) in [6, 6.07) is 7.59. The second-order valence-corrected chi connectivity index (χ2v) is 8.72. The SMILES string of the molecule is COc1ccc2nc(C(F)(F)F)n(-c3cnc(NC(=O)c4cccnc4C)cn3)c2c1.Cc1nnsc1C(=O)O. The Labute approximate surface area is 227 Å². The number of pyridine rings is 1. The minimum Gasteiger partial charge on any atom is -0.497 e. The zero-order valence-electron chi connectivity index (χ0n) is 21.0. The number of aryl methyl sites for hydroxylation is 2. The molecule has 40 heavy (non-hydrogen) atoms. The fourth-order valence-corrected chi connectivity index (χ4v) is 3.94. The van der Waals surface area contributed by atoms with Crippen molar-refractivity contribution in [2.45, 2.75) is 20.0 Å². The Kier molecular flexibility index (Phi) is 7.99. The predicted octanol–water partition coefficient (Wildman–Crippen LogP) is 4.34. The molecule has 1 aromatic carbocycles. The van der Waals surface area contributed by atoms with Crippen LogP contribution in [0.1, 0.15) is 37.2 Å². The largest absolute Gasteiger partial charge is 0.497 e. The van der Waals surface area contributed by atoms with Crippen molar-refractivity contribution in [3.8, 4) is 11.6 Å². The van der Waals surface area contributed by atoms with Gasteiger partial charge in [-0.25, -0.2) is 19.7 Å². The zero-order valence-corrected chi connectivity index (χ0v) is 21.8. The van der Waals surface area contributed by atoms with Gasteiger partial charge in [-0.15, -0.1) is 5.10 Å². The number of halogens is 3. The van der Waals surface area contributed by atoms with E-state index in [9.17, 15) is 22.8 Å². The van der Waals surface area contributed by atoms with Crippen molar-refractivity contribution in [1.29, 1.82) is 0 Å². The molecule has 0 atom stereocenters. The minimum absolute atomic E-state index is 0.0764. The topological polar surface area (TPSA) is 158 Å². The van der Waals surface area contributed by atoms with E-state index in [0.29, 0.717) is 22.7 Å². The van der Waals surface area contributed by atoms with E-state index in [2.05, 4.69) is 34.8 Å². The highest BCUT2D eigenvalue weighted by atomic mass is 32.1. The van der Waals surface area contributed by atoms with Gasteiger partial charge in [0.05, 0.1) is 41.8 Å². The van der Waals surface area contributed by atoms with E-state index in [4.69, 9.17) is 9.84 Å². The molecule has 1 amide bonds. The lowest BCUT2D eigenvalue weighted by molar-refractivity contribution is -0.145. The molecule has 0 unspecified atom stereocenters. The van der Waals surface area contributed by atoms with E-state index in [1.54, 1.807) is 32.2 Å². The average Bonchev–Trinajstić information content (AvgIpc) is 3.53. The van der Waals surface area contributed by atoms with Gasteiger partial charge in [-0.05, 0) is 49.6 Å². The number of methoxy groups -OCH3 is 1. The lowest BCUT2D eigenvalue weighted by Crippen LogP contribution is -2.17. The molecule has 0 saturated heterocycles. The van der Waals surface area contributed by atoms with E-state index >= 15 is 0 Å². The van der Waals surface area contributed by atoms with Crippen LogP contribution in [0.2, 0.25) is 0 Å². The van der Waals surface area contributed by atoms with Gasteiger partial charge in [-0.3, -0.25) is 14.3 Å². The first kappa shape index (κ1) is 28.0. The Bertz CT molecular complexity index is 1690. The summed E-state index contributed by atoms with van der Waals surface area (Å²) in [6.45, 7) is 3.30. The summed E-state index contributed by atoms with van der Waals surface area (Å²) in [7, 11) is 1.41. The maximum Gasteiger partial charge on any atom is 0.450 e. The summed E-state index contributed by atoms with van der Waals surface area (Å²) >= 11 is 0.897. The molecule has 2 N–H and O–H groups in total. The number of nitrogens with one attached hydrogen (secondary N) is 1. The second kappa shape index (κ2) is 11.4. The molecule has 0 spiro atoms. The molecule has 0 aliphatic rings. The zero-order chi connectivity index (χ0) is 29.0. The van der Waals surface area contributed by atoms with Crippen LogP contribution in [-0.2, 0) is 6.18 Å². The first-order valence-electron chi connectivity index (χ1n) is 11.2. The van der Waals surface area contributed by atoms with Crippen molar-refractivity contribution < 1.29 is 32.6 Å². The Morgan fingerprint density at radius 2 is 1.85 bits per heavy atom. The number of nitrogens with zero attached hydrogens (tertiary/aromatic N) is 7. The number of imidazole rings is 1. The Balaban J connectivity index is 0.000000350. The van der Waals surface area contributed by atoms with Gasteiger partial charge >= 0.3 is 12.1 Å². The van der Waals surface area contributed by atoms with Gasteiger partial charge in [-0.1, -0.05) is 4.49 Å². The van der Waals surface area contributed by atoms with Gasteiger partial charge in [0.1, 0.15) is 5.75 Å². The van der Waals surface area contributed by atoms with Crippen molar-refractivity contribution >= 4 is 40.3 Å². The number of carboxylic acid groups (broad SMARTS) is 1. The fraction of sp³-hybridized carbons (Fsp3) is 0.167. The Morgan fingerprint density at radius 1 is 1.07 bits per heavy atom. The Morgan fingerprint density at radius 3 is 2.40 bits per heavy atom. The van der Waals surface area contributed by atoms with Crippen molar-refractivity contribution in [2.24, 2.45) is 0 Å². The molecule has 0 aliphatic heterocycles. The number of ether oxygens (including phenoxy) is 1. The molecule has 0 bridgehead atoms. The van der Waals surface area contributed by atoms with E-state index in [1.165, 1.54) is 31.5 Å². The number of hydrogen-bond acceptors (Lipinski definition) is 10. The number of carboxylic acids is 1. The van der Waals surface area contributed by atoms with E-state index < -0.39 is 23.9 Å².